The Kier molecular flexibility index (Phi) is 2.63. The van der Waals surface area contributed by atoms with Gasteiger partial charge < -0.3 is 10.1 Å². The Morgan fingerprint density at radius 2 is 1.95 bits per heavy atom. The summed E-state index contributed by atoms with van der Waals surface area (Å²) in [7, 11) is 0. The summed E-state index contributed by atoms with van der Waals surface area (Å²) in [6.07, 6.45) is -2.74. The lowest BCUT2D eigenvalue weighted by Crippen LogP contribution is -2.44. The van der Waals surface area contributed by atoms with Gasteiger partial charge in [-0.05, 0) is 18.9 Å². The summed E-state index contributed by atoms with van der Waals surface area (Å²) in [5.41, 5.74) is -2.52. The lowest BCUT2D eigenvalue weighted by atomic mass is 9.88. The number of nitrogens with one attached hydrogen (secondary N) is 1. The Bertz CT molecular complexity index is 632. The fourth-order valence-corrected chi connectivity index (χ4v) is 2.77. The Labute approximate surface area is 112 Å². The highest BCUT2D eigenvalue weighted by molar-refractivity contribution is 6.35. The molecule has 2 nitrogen and oxygen atoms in total. The monoisotopic (exact) mass is 289 g/mol. The zero-order valence-electron chi connectivity index (χ0n) is 9.76. The molecule has 0 bridgehead atoms. The van der Waals surface area contributed by atoms with E-state index in [2.05, 4.69) is 4.98 Å². The van der Waals surface area contributed by atoms with Gasteiger partial charge in [0, 0.05) is 23.1 Å². The lowest BCUT2D eigenvalue weighted by Gasteiger charge is -2.30. The predicted octanol–water partition coefficient (Wildman–Crippen LogP) is 3.98. The van der Waals surface area contributed by atoms with Crippen LogP contribution in [0, 0.1) is 5.92 Å². The average Bonchev–Trinajstić information content (AvgIpc) is 3.07. The van der Waals surface area contributed by atoms with E-state index in [4.69, 9.17) is 11.6 Å². The van der Waals surface area contributed by atoms with Crippen LogP contribution in [-0.2, 0) is 5.60 Å². The quantitative estimate of drug-likeness (QED) is 0.862. The van der Waals surface area contributed by atoms with Gasteiger partial charge in [0.1, 0.15) is 0 Å². The Morgan fingerprint density at radius 1 is 1.26 bits per heavy atom. The lowest BCUT2D eigenvalue weighted by molar-refractivity contribution is -0.274. The van der Waals surface area contributed by atoms with E-state index < -0.39 is 17.7 Å². The molecule has 3 rings (SSSR count). The van der Waals surface area contributed by atoms with Crippen LogP contribution >= 0.6 is 11.6 Å². The van der Waals surface area contributed by atoms with Crippen molar-refractivity contribution in [1.82, 2.24) is 4.98 Å². The number of hydrogen-bond donors (Lipinski definition) is 2. The highest BCUT2D eigenvalue weighted by atomic mass is 35.5. The van der Waals surface area contributed by atoms with Crippen LogP contribution in [0.15, 0.2) is 24.4 Å². The molecule has 0 saturated heterocycles. The first-order valence-electron chi connectivity index (χ1n) is 5.91. The van der Waals surface area contributed by atoms with Crippen LogP contribution in [0.2, 0.25) is 5.02 Å². The highest BCUT2D eigenvalue weighted by Gasteiger charge is 2.63. The molecule has 1 aliphatic carbocycles. The summed E-state index contributed by atoms with van der Waals surface area (Å²) in [6.45, 7) is 0. The van der Waals surface area contributed by atoms with Gasteiger partial charge in [-0.3, -0.25) is 0 Å². The van der Waals surface area contributed by atoms with E-state index >= 15 is 0 Å². The number of fused-ring (bicyclic) bond motifs is 1. The molecule has 1 unspecified atom stereocenters. The van der Waals surface area contributed by atoms with Crippen LogP contribution in [0.3, 0.4) is 0 Å². The molecule has 0 spiro atoms. The summed E-state index contributed by atoms with van der Waals surface area (Å²) < 4.78 is 39.9. The molecule has 0 amide bonds. The van der Waals surface area contributed by atoms with Gasteiger partial charge in [0.2, 0.25) is 0 Å². The number of alkyl halides is 3. The SMILES string of the molecule is OC(c1c[nH]c2c(Cl)cccc12)(C1CC1)C(F)(F)F. The van der Waals surface area contributed by atoms with E-state index in [0.717, 1.165) is 0 Å². The molecule has 2 aromatic rings. The summed E-state index contributed by atoms with van der Waals surface area (Å²) in [6, 6.07) is 4.70. The number of H-pyrrole nitrogens is 1. The van der Waals surface area contributed by atoms with Crippen LogP contribution < -0.4 is 0 Å². The fourth-order valence-electron chi connectivity index (χ4n) is 2.54. The predicted molar refractivity (Wildman–Crippen MR) is 66.0 cm³/mol. The minimum absolute atomic E-state index is 0.139. The van der Waals surface area contributed by atoms with Gasteiger partial charge in [0.05, 0.1) is 10.5 Å². The van der Waals surface area contributed by atoms with E-state index in [1.807, 2.05) is 0 Å². The van der Waals surface area contributed by atoms with Crippen molar-refractivity contribution in [3.63, 3.8) is 0 Å². The number of halogens is 4. The maximum atomic E-state index is 13.3. The van der Waals surface area contributed by atoms with E-state index in [1.54, 1.807) is 12.1 Å². The molecule has 1 aromatic carbocycles. The van der Waals surface area contributed by atoms with E-state index in [1.165, 1.54) is 12.3 Å². The van der Waals surface area contributed by atoms with Crippen molar-refractivity contribution in [3.05, 3.63) is 35.0 Å². The van der Waals surface area contributed by atoms with Crippen LogP contribution in [0.1, 0.15) is 18.4 Å². The van der Waals surface area contributed by atoms with Crippen molar-refractivity contribution in [2.45, 2.75) is 24.6 Å². The molecular formula is C13H11ClF3NO. The maximum Gasteiger partial charge on any atom is 0.421 e. The molecule has 1 atom stereocenters. The highest BCUT2D eigenvalue weighted by Crippen LogP contribution is 2.55. The van der Waals surface area contributed by atoms with Crippen LogP contribution in [-0.4, -0.2) is 16.3 Å². The minimum atomic E-state index is -4.70. The summed E-state index contributed by atoms with van der Waals surface area (Å²) in [4.78, 5) is 2.72. The van der Waals surface area contributed by atoms with E-state index in [-0.39, 0.29) is 5.56 Å². The number of para-hydroxylation sites is 1. The molecule has 19 heavy (non-hydrogen) atoms. The standard InChI is InChI=1S/C13H11ClF3NO/c14-10-3-1-2-8-9(6-18-11(8)10)12(19,7-4-5-7)13(15,16)17/h1-3,6-7,18-19H,4-5H2. The van der Waals surface area contributed by atoms with Gasteiger partial charge in [-0.15, -0.1) is 0 Å². The molecule has 1 aliphatic rings. The molecule has 2 N–H and O–H groups in total. The second-order valence-electron chi connectivity index (χ2n) is 4.90. The maximum absolute atomic E-state index is 13.3. The normalized spacial score (nSPS) is 19.6. The molecule has 1 fully saturated rings. The molecule has 102 valence electrons. The largest absolute Gasteiger partial charge is 0.421 e. The Morgan fingerprint density at radius 3 is 2.53 bits per heavy atom. The topological polar surface area (TPSA) is 36.0 Å². The summed E-state index contributed by atoms with van der Waals surface area (Å²) >= 11 is 5.94. The van der Waals surface area contributed by atoms with Gasteiger partial charge >= 0.3 is 6.18 Å². The van der Waals surface area contributed by atoms with E-state index in [0.29, 0.717) is 28.8 Å². The minimum Gasteiger partial charge on any atom is -0.376 e. The molecule has 1 heterocycles. The molecule has 1 aromatic heterocycles. The number of aromatic nitrogens is 1. The van der Waals surface area contributed by atoms with Crippen molar-refractivity contribution in [2.24, 2.45) is 5.92 Å². The number of hydrogen-bond acceptors (Lipinski definition) is 1. The van der Waals surface area contributed by atoms with Gasteiger partial charge in [-0.25, -0.2) is 0 Å². The smallest absolute Gasteiger partial charge is 0.376 e. The van der Waals surface area contributed by atoms with Crippen LogP contribution in [0.5, 0.6) is 0 Å². The first-order chi connectivity index (χ1) is 8.85. The van der Waals surface area contributed by atoms with Crippen molar-refractivity contribution in [3.8, 4) is 0 Å². The first-order valence-corrected chi connectivity index (χ1v) is 6.28. The second kappa shape index (κ2) is 3.90. The van der Waals surface area contributed by atoms with Crippen molar-refractivity contribution in [2.75, 3.05) is 0 Å². The molecule has 0 aliphatic heterocycles. The Hall–Kier alpha value is -1.20. The number of rotatable bonds is 2. The fraction of sp³-hybridized carbons (Fsp3) is 0.385. The van der Waals surface area contributed by atoms with E-state index in [9.17, 15) is 18.3 Å². The third kappa shape index (κ3) is 1.75. The average molecular weight is 290 g/mol. The third-order valence-corrected chi connectivity index (χ3v) is 3.99. The third-order valence-electron chi connectivity index (χ3n) is 3.68. The van der Waals surface area contributed by atoms with Crippen molar-refractivity contribution < 1.29 is 18.3 Å². The molecular weight excluding hydrogens is 279 g/mol. The second-order valence-corrected chi connectivity index (χ2v) is 5.31. The van der Waals surface area contributed by atoms with Crippen molar-refractivity contribution in [1.29, 1.82) is 0 Å². The van der Waals surface area contributed by atoms with Gasteiger partial charge in [0.15, 0.2) is 5.60 Å². The molecule has 1 saturated carbocycles. The number of aliphatic hydroxyl groups is 1. The number of benzene rings is 1. The molecule has 6 heteroatoms. The van der Waals surface area contributed by atoms with Gasteiger partial charge in [-0.2, -0.15) is 13.2 Å². The number of aromatic amines is 1. The van der Waals surface area contributed by atoms with Crippen LogP contribution in [0.4, 0.5) is 13.2 Å². The van der Waals surface area contributed by atoms with Gasteiger partial charge in [0.25, 0.3) is 0 Å². The Balaban J connectivity index is 2.25. The van der Waals surface area contributed by atoms with Gasteiger partial charge in [-0.1, -0.05) is 23.7 Å². The molecule has 0 radical (unpaired) electrons. The van der Waals surface area contributed by atoms with Crippen molar-refractivity contribution >= 4 is 22.5 Å². The zero-order chi connectivity index (χ0) is 13.8. The zero-order valence-corrected chi connectivity index (χ0v) is 10.5. The summed E-state index contributed by atoms with van der Waals surface area (Å²) in [5, 5.41) is 10.9. The summed E-state index contributed by atoms with van der Waals surface area (Å²) in [5.74, 6) is -0.773. The van der Waals surface area contributed by atoms with Crippen LogP contribution in [0.25, 0.3) is 10.9 Å². The first kappa shape index (κ1) is 12.8.